The van der Waals surface area contributed by atoms with E-state index in [1.807, 2.05) is 36.6 Å². The molecule has 0 unspecified atom stereocenters. The molecule has 1 N–H and O–H groups in total. The Morgan fingerprint density at radius 1 is 1.15 bits per heavy atom. The van der Waals surface area contributed by atoms with Crippen molar-refractivity contribution < 1.29 is 9.53 Å². The minimum Gasteiger partial charge on any atom is -0.494 e. The first-order chi connectivity index (χ1) is 12.6. The topological polar surface area (TPSA) is 64.1 Å². The molecule has 1 aromatic carbocycles. The van der Waals surface area contributed by atoms with Crippen molar-refractivity contribution in [2.75, 3.05) is 6.61 Å². The molecular formula is C19H21N3O2S2. The largest absolute Gasteiger partial charge is 0.494 e. The summed E-state index contributed by atoms with van der Waals surface area (Å²) in [6.07, 6.45) is 0. The van der Waals surface area contributed by atoms with Gasteiger partial charge in [-0.1, -0.05) is 13.8 Å². The van der Waals surface area contributed by atoms with Crippen LogP contribution in [0.15, 0.2) is 35.0 Å². The van der Waals surface area contributed by atoms with E-state index in [1.165, 1.54) is 11.3 Å². The van der Waals surface area contributed by atoms with Gasteiger partial charge in [-0.05, 0) is 31.2 Å². The van der Waals surface area contributed by atoms with Crippen LogP contribution >= 0.6 is 22.7 Å². The van der Waals surface area contributed by atoms with E-state index in [9.17, 15) is 4.79 Å². The van der Waals surface area contributed by atoms with E-state index < -0.39 is 0 Å². The smallest absolute Gasteiger partial charge is 0.271 e. The van der Waals surface area contributed by atoms with Gasteiger partial charge in [-0.25, -0.2) is 9.97 Å². The average molecular weight is 388 g/mol. The maximum Gasteiger partial charge on any atom is 0.271 e. The zero-order valence-electron chi connectivity index (χ0n) is 15.0. The Kier molecular flexibility index (Phi) is 6.00. The lowest BCUT2D eigenvalue weighted by Crippen LogP contribution is -2.23. The number of amides is 1. The van der Waals surface area contributed by atoms with E-state index in [-0.39, 0.29) is 5.91 Å². The normalized spacial score (nSPS) is 10.9. The molecule has 2 aromatic heterocycles. The summed E-state index contributed by atoms with van der Waals surface area (Å²) in [7, 11) is 0. The fourth-order valence-corrected chi connectivity index (χ4v) is 3.94. The molecule has 1 amide bonds. The standard InChI is InChI=1S/C19H21N3O2S2/c1-4-24-15-7-5-13(6-8-15)19-22-16(11-26-19)17(23)20-9-14-10-25-18(21-14)12(2)3/h5-8,10-12H,4,9H2,1-3H3,(H,20,23). The molecule has 0 aliphatic carbocycles. The molecule has 0 bridgehead atoms. The second-order valence-corrected chi connectivity index (χ2v) is 7.76. The Labute approximate surface area is 161 Å². The van der Waals surface area contributed by atoms with Gasteiger partial charge in [-0.2, -0.15) is 0 Å². The summed E-state index contributed by atoms with van der Waals surface area (Å²) in [5.74, 6) is 1.05. The van der Waals surface area contributed by atoms with Crippen molar-refractivity contribution in [3.05, 3.63) is 51.4 Å². The van der Waals surface area contributed by atoms with Crippen LogP contribution in [0, 0.1) is 0 Å². The van der Waals surface area contributed by atoms with Gasteiger partial charge >= 0.3 is 0 Å². The van der Waals surface area contributed by atoms with Crippen LogP contribution in [0.1, 0.15) is 47.9 Å². The van der Waals surface area contributed by atoms with Crippen LogP contribution in [0.5, 0.6) is 5.75 Å². The summed E-state index contributed by atoms with van der Waals surface area (Å²) in [6, 6.07) is 7.73. The van der Waals surface area contributed by atoms with Gasteiger partial charge in [-0.3, -0.25) is 4.79 Å². The summed E-state index contributed by atoms with van der Waals surface area (Å²) < 4.78 is 5.44. The molecule has 3 aromatic rings. The van der Waals surface area contributed by atoms with E-state index in [4.69, 9.17) is 4.74 Å². The van der Waals surface area contributed by atoms with Crippen LogP contribution in [-0.4, -0.2) is 22.5 Å². The third kappa shape index (κ3) is 4.47. The van der Waals surface area contributed by atoms with Crippen LogP contribution in [0.2, 0.25) is 0 Å². The summed E-state index contributed by atoms with van der Waals surface area (Å²) >= 11 is 3.08. The molecule has 0 saturated carbocycles. The highest BCUT2D eigenvalue weighted by molar-refractivity contribution is 7.13. The summed E-state index contributed by atoms with van der Waals surface area (Å²) in [5, 5.41) is 8.55. The number of hydrogen-bond acceptors (Lipinski definition) is 6. The van der Waals surface area contributed by atoms with Gasteiger partial charge < -0.3 is 10.1 Å². The van der Waals surface area contributed by atoms with Gasteiger partial charge in [0.25, 0.3) is 5.91 Å². The first-order valence-electron chi connectivity index (χ1n) is 8.48. The summed E-state index contributed by atoms with van der Waals surface area (Å²) in [5.41, 5.74) is 2.28. The SMILES string of the molecule is CCOc1ccc(-c2nc(C(=O)NCc3csc(C(C)C)n3)cs2)cc1. The molecule has 5 nitrogen and oxygen atoms in total. The van der Waals surface area contributed by atoms with Gasteiger partial charge in [0.05, 0.1) is 23.9 Å². The summed E-state index contributed by atoms with van der Waals surface area (Å²) in [6.45, 7) is 7.23. The molecule has 0 aliphatic heterocycles. The lowest BCUT2D eigenvalue weighted by molar-refractivity contribution is 0.0946. The molecule has 0 atom stereocenters. The second kappa shape index (κ2) is 8.42. The van der Waals surface area contributed by atoms with Crippen molar-refractivity contribution in [1.82, 2.24) is 15.3 Å². The molecule has 0 fully saturated rings. The lowest BCUT2D eigenvalue weighted by Gasteiger charge is -2.03. The third-order valence-corrected chi connectivity index (χ3v) is 5.73. The number of ether oxygens (including phenoxy) is 1. The predicted molar refractivity (Wildman–Crippen MR) is 106 cm³/mol. The quantitative estimate of drug-likeness (QED) is 0.637. The van der Waals surface area contributed by atoms with Crippen LogP contribution in [-0.2, 0) is 6.54 Å². The first kappa shape index (κ1) is 18.5. The molecule has 0 spiro atoms. The van der Waals surface area contributed by atoms with E-state index in [0.29, 0.717) is 24.8 Å². The van der Waals surface area contributed by atoms with Gasteiger partial charge in [0.2, 0.25) is 0 Å². The second-order valence-electron chi connectivity index (χ2n) is 6.01. The van der Waals surface area contributed by atoms with E-state index in [2.05, 4.69) is 29.1 Å². The van der Waals surface area contributed by atoms with E-state index >= 15 is 0 Å². The highest BCUT2D eigenvalue weighted by atomic mass is 32.1. The number of nitrogens with zero attached hydrogens (tertiary/aromatic N) is 2. The maximum atomic E-state index is 12.3. The number of carbonyl (C=O) groups excluding carboxylic acids is 1. The zero-order valence-corrected chi connectivity index (χ0v) is 16.6. The number of nitrogens with one attached hydrogen (secondary N) is 1. The van der Waals surface area contributed by atoms with Crippen molar-refractivity contribution in [1.29, 1.82) is 0 Å². The van der Waals surface area contributed by atoms with Crippen LogP contribution in [0.25, 0.3) is 10.6 Å². The fraction of sp³-hybridized carbons (Fsp3) is 0.316. The Hall–Kier alpha value is -2.25. The van der Waals surface area contributed by atoms with Crippen molar-refractivity contribution >= 4 is 28.6 Å². The molecule has 3 rings (SSSR count). The maximum absolute atomic E-state index is 12.3. The van der Waals surface area contributed by atoms with Crippen LogP contribution < -0.4 is 10.1 Å². The van der Waals surface area contributed by atoms with Crippen molar-refractivity contribution in [3.63, 3.8) is 0 Å². The average Bonchev–Trinajstić information content (AvgIpc) is 3.30. The molecule has 0 radical (unpaired) electrons. The Morgan fingerprint density at radius 3 is 2.58 bits per heavy atom. The number of rotatable bonds is 7. The minimum atomic E-state index is -0.183. The van der Waals surface area contributed by atoms with Crippen molar-refractivity contribution in [2.45, 2.75) is 33.2 Å². The Balaban J connectivity index is 1.62. The number of hydrogen-bond donors (Lipinski definition) is 1. The first-order valence-corrected chi connectivity index (χ1v) is 10.2. The fourth-order valence-electron chi connectivity index (χ4n) is 2.30. The van der Waals surface area contributed by atoms with E-state index in [1.54, 1.807) is 16.7 Å². The highest BCUT2D eigenvalue weighted by Gasteiger charge is 2.13. The lowest BCUT2D eigenvalue weighted by atomic mass is 10.2. The van der Waals surface area contributed by atoms with Gasteiger partial charge in [0, 0.05) is 22.2 Å². The third-order valence-electron chi connectivity index (χ3n) is 3.64. The molecule has 26 heavy (non-hydrogen) atoms. The number of carbonyl (C=O) groups is 1. The van der Waals surface area contributed by atoms with Gasteiger partial charge in [-0.15, -0.1) is 22.7 Å². The monoisotopic (exact) mass is 387 g/mol. The Bertz CT molecular complexity index is 869. The zero-order chi connectivity index (χ0) is 18.5. The highest BCUT2D eigenvalue weighted by Crippen LogP contribution is 2.26. The van der Waals surface area contributed by atoms with Crippen LogP contribution in [0.4, 0.5) is 0 Å². The van der Waals surface area contributed by atoms with Gasteiger partial charge in [0.1, 0.15) is 16.5 Å². The molecule has 0 aliphatic rings. The molecule has 2 heterocycles. The molecular weight excluding hydrogens is 366 g/mol. The van der Waals surface area contributed by atoms with E-state index in [0.717, 1.165) is 27.0 Å². The predicted octanol–water partition coefficient (Wildman–Crippen LogP) is 4.72. The molecule has 7 heteroatoms. The molecule has 136 valence electrons. The van der Waals surface area contributed by atoms with Crippen molar-refractivity contribution in [3.8, 4) is 16.3 Å². The number of benzene rings is 1. The number of aromatic nitrogens is 2. The van der Waals surface area contributed by atoms with Crippen molar-refractivity contribution in [2.24, 2.45) is 0 Å². The summed E-state index contributed by atoms with van der Waals surface area (Å²) in [4.78, 5) is 21.3. The van der Waals surface area contributed by atoms with Crippen LogP contribution in [0.3, 0.4) is 0 Å². The van der Waals surface area contributed by atoms with Gasteiger partial charge in [0.15, 0.2) is 0 Å². The molecule has 0 saturated heterocycles. The Morgan fingerprint density at radius 2 is 1.92 bits per heavy atom. The minimum absolute atomic E-state index is 0.183. The number of thiazole rings is 2.